The van der Waals surface area contributed by atoms with Gasteiger partial charge in [-0.2, -0.15) is 0 Å². The Morgan fingerprint density at radius 1 is 1.43 bits per heavy atom. The lowest BCUT2D eigenvalue weighted by Gasteiger charge is -2.32. The average Bonchev–Trinajstić information content (AvgIpc) is 2.74. The quantitative estimate of drug-likeness (QED) is 0.689. The first-order valence-electron chi connectivity index (χ1n) is 5.61. The van der Waals surface area contributed by atoms with Crippen LogP contribution in [0.2, 0.25) is 0 Å². The number of fused-ring (bicyclic) bond motifs is 2. The van der Waals surface area contributed by atoms with Gasteiger partial charge in [0.25, 0.3) is 0 Å². The van der Waals surface area contributed by atoms with Crippen molar-refractivity contribution in [2.45, 2.75) is 38.0 Å². The molecule has 2 heterocycles. The Balaban J connectivity index is 2.09. The molecule has 0 aromatic carbocycles. The van der Waals surface area contributed by atoms with E-state index in [0.29, 0.717) is 5.41 Å². The van der Waals surface area contributed by atoms with Crippen LogP contribution >= 0.6 is 11.3 Å². The van der Waals surface area contributed by atoms with Crippen LogP contribution in [0.5, 0.6) is 0 Å². The van der Waals surface area contributed by atoms with Crippen LogP contribution in [-0.2, 0) is 11.8 Å². The Morgan fingerprint density at radius 3 is 3.14 bits per heavy atom. The fraction of sp³-hybridized carbons (Fsp3) is 0.667. The van der Waals surface area contributed by atoms with Crippen molar-refractivity contribution in [2.24, 2.45) is 0 Å². The molecule has 1 atom stereocenters. The molecule has 1 aliphatic carbocycles. The molecule has 76 valence electrons. The van der Waals surface area contributed by atoms with Crippen LogP contribution in [-0.4, -0.2) is 13.1 Å². The van der Waals surface area contributed by atoms with Gasteiger partial charge in [0.15, 0.2) is 0 Å². The number of hydrogen-bond donors (Lipinski definition) is 1. The van der Waals surface area contributed by atoms with Gasteiger partial charge in [0.05, 0.1) is 0 Å². The van der Waals surface area contributed by atoms with E-state index in [1.165, 1.54) is 43.6 Å². The van der Waals surface area contributed by atoms with Gasteiger partial charge in [0.1, 0.15) is 0 Å². The molecule has 1 spiro atoms. The predicted octanol–water partition coefficient (Wildman–Crippen LogP) is 2.62. The van der Waals surface area contributed by atoms with Crippen LogP contribution in [0, 0.1) is 6.92 Å². The maximum Gasteiger partial charge on any atom is 0.0187 e. The van der Waals surface area contributed by atoms with Gasteiger partial charge in [0.2, 0.25) is 0 Å². The van der Waals surface area contributed by atoms with Gasteiger partial charge in [-0.15, -0.1) is 11.3 Å². The summed E-state index contributed by atoms with van der Waals surface area (Å²) in [5.74, 6) is 0. The summed E-state index contributed by atoms with van der Waals surface area (Å²) in [5.41, 5.74) is 2.19. The first-order valence-corrected chi connectivity index (χ1v) is 6.42. The molecule has 3 rings (SSSR count). The van der Waals surface area contributed by atoms with E-state index in [2.05, 4.69) is 18.3 Å². The molecule has 1 N–H and O–H groups in total. The molecule has 0 bridgehead atoms. The fourth-order valence-electron chi connectivity index (χ4n) is 3.08. The minimum atomic E-state index is 0.534. The minimum absolute atomic E-state index is 0.534. The molecule has 0 amide bonds. The summed E-state index contributed by atoms with van der Waals surface area (Å²) in [6.45, 7) is 4.69. The zero-order valence-corrected chi connectivity index (χ0v) is 9.54. The molecule has 1 aliphatic heterocycles. The fourth-order valence-corrected chi connectivity index (χ4v) is 4.39. The van der Waals surface area contributed by atoms with Crippen molar-refractivity contribution in [1.82, 2.24) is 5.32 Å². The molecule has 1 saturated heterocycles. The number of nitrogens with one attached hydrogen (secondary N) is 1. The maximum absolute atomic E-state index is 3.54. The lowest BCUT2D eigenvalue weighted by atomic mass is 9.74. The van der Waals surface area contributed by atoms with Crippen LogP contribution in [0.4, 0.5) is 0 Å². The van der Waals surface area contributed by atoms with E-state index in [1.54, 1.807) is 10.4 Å². The van der Waals surface area contributed by atoms with Crippen molar-refractivity contribution < 1.29 is 0 Å². The monoisotopic (exact) mass is 207 g/mol. The smallest absolute Gasteiger partial charge is 0.0187 e. The Labute approximate surface area is 89.5 Å². The lowest BCUT2D eigenvalue weighted by Crippen LogP contribution is -2.31. The number of rotatable bonds is 0. The molecule has 1 nitrogen and oxygen atoms in total. The highest BCUT2D eigenvalue weighted by Crippen LogP contribution is 2.45. The third-order valence-corrected chi connectivity index (χ3v) is 5.10. The second-order valence-electron chi connectivity index (χ2n) is 4.77. The van der Waals surface area contributed by atoms with E-state index in [1.807, 2.05) is 11.3 Å². The van der Waals surface area contributed by atoms with Gasteiger partial charge in [-0.25, -0.2) is 0 Å². The molecule has 0 radical (unpaired) electrons. The highest BCUT2D eigenvalue weighted by Gasteiger charge is 2.40. The molecule has 1 aromatic rings. The Kier molecular flexibility index (Phi) is 1.96. The van der Waals surface area contributed by atoms with Gasteiger partial charge >= 0.3 is 0 Å². The molecule has 14 heavy (non-hydrogen) atoms. The number of hydrogen-bond acceptors (Lipinski definition) is 2. The van der Waals surface area contributed by atoms with Crippen molar-refractivity contribution >= 4 is 11.3 Å². The van der Waals surface area contributed by atoms with E-state index < -0.39 is 0 Å². The summed E-state index contributed by atoms with van der Waals surface area (Å²) in [4.78, 5) is 3.22. The van der Waals surface area contributed by atoms with Crippen molar-refractivity contribution in [3.63, 3.8) is 0 Å². The van der Waals surface area contributed by atoms with E-state index in [4.69, 9.17) is 0 Å². The summed E-state index contributed by atoms with van der Waals surface area (Å²) < 4.78 is 0. The van der Waals surface area contributed by atoms with Crippen molar-refractivity contribution in [1.29, 1.82) is 0 Å². The normalized spacial score (nSPS) is 30.9. The van der Waals surface area contributed by atoms with E-state index in [0.717, 1.165) is 0 Å². The van der Waals surface area contributed by atoms with Gasteiger partial charge in [-0.3, -0.25) is 0 Å². The summed E-state index contributed by atoms with van der Waals surface area (Å²) in [6, 6.07) is 2.42. The summed E-state index contributed by atoms with van der Waals surface area (Å²) in [5, 5.41) is 3.54. The first kappa shape index (κ1) is 8.93. The molecular formula is C12H17NS. The maximum atomic E-state index is 3.54. The Bertz CT molecular complexity index is 347. The molecule has 1 fully saturated rings. The summed E-state index contributed by atoms with van der Waals surface area (Å²) in [7, 11) is 0. The van der Waals surface area contributed by atoms with Crippen LogP contribution in [0.15, 0.2) is 6.07 Å². The SMILES string of the molecule is Cc1cc2c(s1)C1(CCC2)CCNC1. The first-order chi connectivity index (χ1) is 6.80. The van der Waals surface area contributed by atoms with Crippen molar-refractivity contribution in [3.8, 4) is 0 Å². The van der Waals surface area contributed by atoms with Gasteiger partial charge in [-0.05, 0) is 50.8 Å². The number of thiophene rings is 1. The van der Waals surface area contributed by atoms with Crippen LogP contribution in [0.3, 0.4) is 0 Å². The van der Waals surface area contributed by atoms with Crippen LogP contribution in [0.1, 0.15) is 34.6 Å². The third-order valence-electron chi connectivity index (χ3n) is 3.76. The Hall–Kier alpha value is -0.340. The number of aryl methyl sites for hydroxylation is 2. The van der Waals surface area contributed by atoms with Gasteiger partial charge in [0, 0.05) is 21.7 Å². The average molecular weight is 207 g/mol. The van der Waals surface area contributed by atoms with Crippen molar-refractivity contribution in [3.05, 3.63) is 21.4 Å². The lowest BCUT2D eigenvalue weighted by molar-refractivity contribution is 0.402. The summed E-state index contributed by atoms with van der Waals surface area (Å²) >= 11 is 2.05. The zero-order valence-electron chi connectivity index (χ0n) is 8.73. The molecule has 2 heteroatoms. The van der Waals surface area contributed by atoms with Crippen LogP contribution in [0.25, 0.3) is 0 Å². The van der Waals surface area contributed by atoms with Crippen LogP contribution < -0.4 is 5.32 Å². The molecule has 1 unspecified atom stereocenters. The molecule has 1 aromatic heterocycles. The predicted molar refractivity (Wildman–Crippen MR) is 61.2 cm³/mol. The second-order valence-corrected chi connectivity index (χ2v) is 6.03. The third kappa shape index (κ3) is 1.17. The highest BCUT2D eigenvalue weighted by molar-refractivity contribution is 7.12. The van der Waals surface area contributed by atoms with E-state index in [9.17, 15) is 0 Å². The topological polar surface area (TPSA) is 12.0 Å². The molecular weight excluding hydrogens is 190 g/mol. The van der Waals surface area contributed by atoms with Gasteiger partial charge in [-0.1, -0.05) is 0 Å². The van der Waals surface area contributed by atoms with E-state index in [-0.39, 0.29) is 0 Å². The standard InChI is InChI=1S/C12H17NS/c1-9-7-10-3-2-4-12(11(10)14-9)5-6-13-8-12/h7,13H,2-6,8H2,1H3. The molecule has 2 aliphatic rings. The largest absolute Gasteiger partial charge is 0.316 e. The molecule has 0 saturated carbocycles. The second kappa shape index (κ2) is 3.07. The highest BCUT2D eigenvalue weighted by atomic mass is 32.1. The summed E-state index contributed by atoms with van der Waals surface area (Å²) in [6.07, 6.45) is 5.49. The Morgan fingerprint density at radius 2 is 2.36 bits per heavy atom. The minimum Gasteiger partial charge on any atom is -0.316 e. The van der Waals surface area contributed by atoms with Crippen molar-refractivity contribution in [2.75, 3.05) is 13.1 Å². The zero-order chi connectivity index (χ0) is 9.60. The van der Waals surface area contributed by atoms with E-state index >= 15 is 0 Å². The van der Waals surface area contributed by atoms with Gasteiger partial charge < -0.3 is 5.32 Å².